The quantitative estimate of drug-likeness (QED) is 0.901. The molecule has 0 spiro atoms. The summed E-state index contributed by atoms with van der Waals surface area (Å²) in [5.41, 5.74) is 2.56. The summed E-state index contributed by atoms with van der Waals surface area (Å²) in [6, 6.07) is 4.03. The zero-order valence-corrected chi connectivity index (χ0v) is 14.7. The average molecular weight is 329 g/mol. The van der Waals surface area contributed by atoms with Crippen LogP contribution in [0.15, 0.2) is 29.0 Å². The second-order valence-electron chi connectivity index (χ2n) is 8.11. The molecule has 2 atom stereocenters. The van der Waals surface area contributed by atoms with Gasteiger partial charge in [-0.3, -0.25) is 4.90 Å². The van der Waals surface area contributed by atoms with Crippen molar-refractivity contribution in [1.82, 2.24) is 9.88 Å². The summed E-state index contributed by atoms with van der Waals surface area (Å²) in [6.45, 7) is 8.78. The first-order chi connectivity index (χ1) is 11.3. The van der Waals surface area contributed by atoms with Gasteiger partial charge in [0.2, 0.25) is 5.71 Å². The van der Waals surface area contributed by atoms with E-state index in [1.54, 1.807) is 6.26 Å². The van der Waals surface area contributed by atoms with E-state index in [0.29, 0.717) is 11.4 Å². The molecule has 3 heterocycles. The van der Waals surface area contributed by atoms with Crippen LogP contribution in [0.1, 0.15) is 39.2 Å². The smallest absolute Gasteiger partial charge is 0.225 e. The van der Waals surface area contributed by atoms with E-state index in [0.717, 1.165) is 43.4 Å². The van der Waals surface area contributed by atoms with Crippen molar-refractivity contribution in [3.8, 4) is 0 Å². The predicted molar refractivity (Wildman–Crippen MR) is 95.2 cm³/mol. The third-order valence-electron chi connectivity index (χ3n) is 4.65. The Balaban J connectivity index is 1.67. The molecule has 1 saturated heterocycles. The molecule has 5 heteroatoms. The minimum atomic E-state index is -0.449. The van der Waals surface area contributed by atoms with Gasteiger partial charge in [-0.25, -0.2) is 4.98 Å². The van der Waals surface area contributed by atoms with Gasteiger partial charge in [-0.2, -0.15) is 0 Å². The standard InChI is InChI=1S/C19H27N3O2/c1-19(2,3)9-17(23)15-12-22(6-4-16(15)20)11-13-8-14-5-7-24-18(14)21-10-13/h5,7-8,10,15,17,20,23H,4,6,9,11-12H2,1-3H3. The van der Waals surface area contributed by atoms with Gasteiger partial charge in [0.1, 0.15) is 0 Å². The zero-order chi connectivity index (χ0) is 17.3. The molecule has 0 radical (unpaired) electrons. The first-order valence-electron chi connectivity index (χ1n) is 8.62. The highest BCUT2D eigenvalue weighted by molar-refractivity contribution is 5.85. The Labute approximate surface area is 143 Å². The Morgan fingerprint density at radius 2 is 2.25 bits per heavy atom. The van der Waals surface area contributed by atoms with Crippen LogP contribution in [0.3, 0.4) is 0 Å². The summed E-state index contributed by atoms with van der Waals surface area (Å²) in [5.74, 6) is -0.0661. The van der Waals surface area contributed by atoms with Crippen molar-refractivity contribution in [3.63, 3.8) is 0 Å². The molecule has 0 saturated carbocycles. The molecule has 1 aliphatic rings. The summed E-state index contributed by atoms with van der Waals surface area (Å²) in [4.78, 5) is 6.66. The predicted octanol–water partition coefficient (Wildman–Crippen LogP) is 3.47. The van der Waals surface area contributed by atoms with E-state index in [4.69, 9.17) is 9.83 Å². The van der Waals surface area contributed by atoms with Crippen LogP contribution < -0.4 is 0 Å². The molecule has 2 aromatic heterocycles. The van der Waals surface area contributed by atoms with Crippen molar-refractivity contribution < 1.29 is 9.52 Å². The fraction of sp³-hybridized carbons (Fsp3) is 0.579. The number of furan rings is 1. The number of hydrogen-bond donors (Lipinski definition) is 2. The van der Waals surface area contributed by atoms with Gasteiger partial charge in [-0.1, -0.05) is 20.8 Å². The molecular formula is C19H27N3O2. The van der Waals surface area contributed by atoms with E-state index < -0.39 is 6.10 Å². The summed E-state index contributed by atoms with van der Waals surface area (Å²) in [7, 11) is 0. The van der Waals surface area contributed by atoms with Gasteiger partial charge in [-0.15, -0.1) is 0 Å². The van der Waals surface area contributed by atoms with Gasteiger partial charge in [-0.05, 0) is 36.0 Å². The van der Waals surface area contributed by atoms with Gasteiger partial charge in [0, 0.05) is 42.8 Å². The molecular weight excluding hydrogens is 302 g/mol. The second-order valence-corrected chi connectivity index (χ2v) is 8.11. The van der Waals surface area contributed by atoms with Crippen molar-refractivity contribution >= 4 is 16.8 Å². The number of fused-ring (bicyclic) bond motifs is 1. The molecule has 130 valence electrons. The Bertz CT molecular complexity index is 717. The minimum Gasteiger partial charge on any atom is -0.446 e. The lowest BCUT2D eigenvalue weighted by Gasteiger charge is -2.37. The van der Waals surface area contributed by atoms with Crippen molar-refractivity contribution in [2.75, 3.05) is 13.1 Å². The Morgan fingerprint density at radius 3 is 3.00 bits per heavy atom. The second kappa shape index (κ2) is 6.65. The number of aliphatic hydroxyl groups excluding tert-OH is 1. The number of likely N-dealkylation sites (tertiary alicyclic amines) is 1. The molecule has 5 nitrogen and oxygen atoms in total. The van der Waals surface area contributed by atoms with Crippen LogP contribution in [-0.4, -0.2) is 39.9 Å². The van der Waals surface area contributed by atoms with E-state index >= 15 is 0 Å². The molecule has 3 rings (SSSR count). The maximum atomic E-state index is 10.6. The molecule has 0 aliphatic carbocycles. The van der Waals surface area contributed by atoms with Crippen LogP contribution >= 0.6 is 0 Å². The van der Waals surface area contributed by atoms with Crippen LogP contribution in [0, 0.1) is 16.7 Å². The number of aromatic nitrogens is 1. The highest BCUT2D eigenvalue weighted by atomic mass is 16.3. The van der Waals surface area contributed by atoms with Gasteiger partial charge in [0.05, 0.1) is 12.4 Å². The fourth-order valence-corrected chi connectivity index (χ4v) is 3.46. The number of aliphatic hydroxyl groups is 1. The monoisotopic (exact) mass is 329 g/mol. The molecule has 2 aromatic rings. The van der Waals surface area contributed by atoms with Gasteiger partial charge < -0.3 is 14.9 Å². The summed E-state index contributed by atoms with van der Waals surface area (Å²) < 4.78 is 5.29. The lowest BCUT2D eigenvalue weighted by Crippen LogP contribution is -2.46. The van der Waals surface area contributed by atoms with Crippen molar-refractivity contribution in [2.24, 2.45) is 11.3 Å². The average Bonchev–Trinajstić information content (AvgIpc) is 2.95. The largest absolute Gasteiger partial charge is 0.446 e. The molecule has 0 aromatic carbocycles. The molecule has 0 bridgehead atoms. The van der Waals surface area contributed by atoms with E-state index in [9.17, 15) is 5.11 Å². The number of pyridine rings is 1. The SMILES string of the molecule is CC(C)(C)CC(O)C1CN(Cc2cnc3occc3c2)CCC1=N. The lowest BCUT2D eigenvalue weighted by atomic mass is 9.81. The third-order valence-corrected chi connectivity index (χ3v) is 4.65. The molecule has 1 fully saturated rings. The van der Waals surface area contributed by atoms with Gasteiger partial charge >= 0.3 is 0 Å². The van der Waals surface area contributed by atoms with Crippen LogP contribution in [-0.2, 0) is 6.54 Å². The van der Waals surface area contributed by atoms with Crippen molar-refractivity contribution in [2.45, 2.75) is 46.3 Å². The molecule has 2 unspecified atom stereocenters. The Morgan fingerprint density at radius 1 is 1.46 bits per heavy atom. The number of rotatable bonds is 4. The molecule has 24 heavy (non-hydrogen) atoms. The summed E-state index contributed by atoms with van der Waals surface area (Å²) in [6.07, 6.45) is 4.51. The molecule has 1 aliphatic heterocycles. The Hall–Kier alpha value is -1.72. The number of nitrogens with one attached hydrogen (secondary N) is 1. The molecule has 0 amide bonds. The van der Waals surface area contributed by atoms with Crippen molar-refractivity contribution in [1.29, 1.82) is 5.41 Å². The van der Waals surface area contributed by atoms with Crippen LogP contribution in [0.2, 0.25) is 0 Å². The maximum Gasteiger partial charge on any atom is 0.225 e. The normalized spacial score (nSPS) is 21.3. The van der Waals surface area contributed by atoms with E-state index in [-0.39, 0.29) is 11.3 Å². The van der Waals surface area contributed by atoms with Crippen LogP contribution in [0.5, 0.6) is 0 Å². The fourth-order valence-electron chi connectivity index (χ4n) is 3.46. The van der Waals surface area contributed by atoms with E-state index in [2.05, 4.69) is 36.7 Å². The summed E-state index contributed by atoms with van der Waals surface area (Å²) in [5, 5.41) is 19.8. The van der Waals surface area contributed by atoms with E-state index in [1.807, 2.05) is 12.3 Å². The topological polar surface area (TPSA) is 73.3 Å². The first kappa shape index (κ1) is 17.1. The van der Waals surface area contributed by atoms with Crippen molar-refractivity contribution in [3.05, 3.63) is 30.2 Å². The van der Waals surface area contributed by atoms with Crippen LogP contribution in [0.4, 0.5) is 0 Å². The lowest BCUT2D eigenvalue weighted by molar-refractivity contribution is 0.0642. The Kier molecular flexibility index (Phi) is 4.74. The highest BCUT2D eigenvalue weighted by Gasteiger charge is 2.32. The highest BCUT2D eigenvalue weighted by Crippen LogP contribution is 2.28. The number of piperidine rings is 1. The first-order valence-corrected chi connectivity index (χ1v) is 8.62. The van der Waals surface area contributed by atoms with Gasteiger partial charge in [0.15, 0.2) is 0 Å². The summed E-state index contributed by atoms with van der Waals surface area (Å²) >= 11 is 0. The maximum absolute atomic E-state index is 10.6. The number of nitrogens with zero attached hydrogens (tertiary/aromatic N) is 2. The number of hydrogen-bond acceptors (Lipinski definition) is 5. The third kappa shape index (κ3) is 4.02. The molecule has 2 N–H and O–H groups in total. The van der Waals surface area contributed by atoms with Crippen LogP contribution in [0.25, 0.3) is 11.1 Å². The zero-order valence-electron chi connectivity index (χ0n) is 14.7. The minimum absolute atomic E-state index is 0.0661. The van der Waals surface area contributed by atoms with E-state index in [1.165, 1.54) is 0 Å². The van der Waals surface area contributed by atoms with Gasteiger partial charge in [0.25, 0.3) is 0 Å².